The molecule has 0 aliphatic heterocycles. The van der Waals surface area contributed by atoms with Crippen LogP contribution in [0.2, 0.25) is 0 Å². The first-order valence-electron chi connectivity index (χ1n) is 5.72. The second-order valence-electron chi connectivity index (χ2n) is 3.54. The van der Waals surface area contributed by atoms with Crippen molar-refractivity contribution in [3.05, 3.63) is 18.1 Å². The second kappa shape index (κ2) is 5.81. The fourth-order valence-corrected chi connectivity index (χ4v) is 2.25. The summed E-state index contributed by atoms with van der Waals surface area (Å²) in [6.45, 7) is 4.20. The molecule has 0 unspecified atom stereocenters. The summed E-state index contributed by atoms with van der Waals surface area (Å²) in [6, 6.07) is 1.89. The van der Waals surface area contributed by atoms with Gasteiger partial charge in [0.2, 0.25) is 0 Å². The molecule has 0 saturated heterocycles. The number of nitrogens with zero attached hydrogens (tertiary/aromatic N) is 4. The minimum Gasteiger partial charge on any atom is -0.465 e. The second-order valence-corrected chi connectivity index (χ2v) is 4.48. The summed E-state index contributed by atoms with van der Waals surface area (Å²) in [6.07, 6.45) is 2.41. The maximum Gasteiger partial charge on any atom is 0.316 e. The molecule has 96 valence electrons. The molecule has 0 amide bonds. The van der Waals surface area contributed by atoms with E-state index in [2.05, 4.69) is 15.2 Å². The van der Waals surface area contributed by atoms with E-state index in [4.69, 9.17) is 4.74 Å². The van der Waals surface area contributed by atoms with Crippen molar-refractivity contribution in [2.24, 2.45) is 0 Å². The number of hydrogen-bond donors (Lipinski definition) is 0. The van der Waals surface area contributed by atoms with Crippen LogP contribution in [-0.2, 0) is 16.0 Å². The highest BCUT2D eigenvalue weighted by Crippen LogP contribution is 2.18. The van der Waals surface area contributed by atoms with Crippen molar-refractivity contribution < 1.29 is 9.53 Å². The molecule has 6 nitrogen and oxygen atoms in total. The number of fused-ring (bicyclic) bond motifs is 1. The van der Waals surface area contributed by atoms with Crippen LogP contribution in [-0.4, -0.2) is 37.9 Å². The molecule has 2 aromatic rings. The molecule has 0 aliphatic carbocycles. The van der Waals surface area contributed by atoms with E-state index in [-0.39, 0.29) is 11.7 Å². The average Bonchev–Trinajstić information content (AvgIpc) is 2.84. The fraction of sp³-hybridized carbons (Fsp3) is 0.455. The largest absolute Gasteiger partial charge is 0.465 e. The first-order valence-corrected chi connectivity index (χ1v) is 6.71. The molecule has 0 radical (unpaired) electrons. The lowest BCUT2D eigenvalue weighted by Gasteiger charge is -2.05. The molecular weight excluding hydrogens is 252 g/mol. The Morgan fingerprint density at radius 3 is 3.06 bits per heavy atom. The number of hydrogen-bond acceptors (Lipinski definition) is 6. The lowest BCUT2D eigenvalue weighted by atomic mass is 10.3. The highest BCUT2D eigenvalue weighted by Gasteiger charge is 2.10. The topological polar surface area (TPSA) is 69.4 Å². The van der Waals surface area contributed by atoms with Crippen molar-refractivity contribution in [3.63, 3.8) is 0 Å². The minimum absolute atomic E-state index is 0.237. The van der Waals surface area contributed by atoms with Gasteiger partial charge in [0.05, 0.1) is 12.4 Å². The molecule has 0 aromatic carbocycles. The van der Waals surface area contributed by atoms with Gasteiger partial charge >= 0.3 is 5.97 Å². The van der Waals surface area contributed by atoms with Gasteiger partial charge < -0.3 is 4.74 Å². The Hall–Kier alpha value is -1.63. The van der Waals surface area contributed by atoms with E-state index < -0.39 is 0 Å². The van der Waals surface area contributed by atoms with Crippen LogP contribution in [0, 0.1) is 0 Å². The molecule has 0 saturated carbocycles. The van der Waals surface area contributed by atoms with Gasteiger partial charge in [0, 0.05) is 11.8 Å². The molecule has 2 heterocycles. The number of carbonyl (C=O) groups excluding carboxylic acids is 1. The van der Waals surface area contributed by atoms with Gasteiger partial charge in [-0.1, -0.05) is 18.7 Å². The van der Waals surface area contributed by atoms with E-state index in [0.717, 1.165) is 17.8 Å². The van der Waals surface area contributed by atoms with Crippen LogP contribution in [0.25, 0.3) is 5.65 Å². The molecule has 7 heteroatoms. The van der Waals surface area contributed by atoms with E-state index in [1.807, 2.05) is 13.0 Å². The third-order valence-corrected chi connectivity index (χ3v) is 3.23. The van der Waals surface area contributed by atoms with Crippen LogP contribution in [0.15, 0.2) is 17.6 Å². The third kappa shape index (κ3) is 2.79. The van der Waals surface area contributed by atoms with Crippen molar-refractivity contribution in [2.75, 3.05) is 12.4 Å². The Kier molecular flexibility index (Phi) is 4.14. The Labute approximate surface area is 109 Å². The van der Waals surface area contributed by atoms with Crippen LogP contribution in [0.3, 0.4) is 0 Å². The van der Waals surface area contributed by atoms with Crippen molar-refractivity contribution in [1.82, 2.24) is 19.6 Å². The first-order chi connectivity index (χ1) is 8.74. The lowest BCUT2D eigenvalue weighted by Crippen LogP contribution is -2.08. The summed E-state index contributed by atoms with van der Waals surface area (Å²) in [5.74, 6) is -0.00574. The van der Waals surface area contributed by atoms with Gasteiger partial charge in [-0.25, -0.2) is 4.98 Å². The Bertz CT molecular complexity index is 555. The van der Waals surface area contributed by atoms with E-state index in [1.54, 1.807) is 17.7 Å². The normalized spacial score (nSPS) is 10.8. The fourth-order valence-electron chi connectivity index (χ4n) is 1.46. The summed E-state index contributed by atoms with van der Waals surface area (Å²) in [7, 11) is 0. The number of aryl methyl sites for hydroxylation is 1. The molecule has 0 atom stereocenters. The number of aromatic nitrogens is 4. The molecule has 2 aromatic heterocycles. The summed E-state index contributed by atoms with van der Waals surface area (Å²) in [5.41, 5.74) is 1.68. The van der Waals surface area contributed by atoms with Gasteiger partial charge in [0.1, 0.15) is 6.33 Å². The number of thioether (sulfide) groups is 1. The first kappa shape index (κ1) is 12.8. The molecule has 0 fully saturated rings. The van der Waals surface area contributed by atoms with E-state index in [0.29, 0.717) is 11.8 Å². The number of esters is 1. The highest BCUT2D eigenvalue weighted by atomic mass is 32.2. The lowest BCUT2D eigenvalue weighted by molar-refractivity contribution is -0.139. The van der Waals surface area contributed by atoms with E-state index >= 15 is 0 Å². The molecular formula is C11H14N4O2S. The zero-order valence-electron chi connectivity index (χ0n) is 10.3. The van der Waals surface area contributed by atoms with Gasteiger partial charge in [-0.3, -0.25) is 9.20 Å². The smallest absolute Gasteiger partial charge is 0.316 e. The van der Waals surface area contributed by atoms with Crippen LogP contribution in [0.5, 0.6) is 0 Å². The van der Waals surface area contributed by atoms with Crippen molar-refractivity contribution in [3.8, 4) is 0 Å². The highest BCUT2D eigenvalue weighted by molar-refractivity contribution is 7.99. The number of ether oxygens (including phenoxy) is 1. The van der Waals surface area contributed by atoms with Gasteiger partial charge in [-0.15, -0.1) is 10.2 Å². The Balaban J connectivity index is 2.20. The monoisotopic (exact) mass is 266 g/mol. The molecule has 2 rings (SSSR count). The molecule has 0 spiro atoms. The summed E-state index contributed by atoms with van der Waals surface area (Å²) in [5, 5.41) is 8.55. The van der Waals surface area contributed by atoms with E-state index in [9.17, 15) is 4.79 Å². The predicted octanol–water partition coefficient (Wildman–Crippen LogP) is 1.34. The van der Waals surface area contributed by atoms with E-state index in [1.165, 1.54) is 11.8 Å². The quantitative estimate of drug-likeness (QED) is 0.462. The van der Waals surface area contributed by atoms with Crippen molar-refractivity contribution >= 4 is 23.4 Å². The summed E-state index contributed by atoms with van der Waals surface area (Å²) in [4.78, 5) is 15.8. The maximum atomic E-state index is 11.3. The van der Waals surface area contributed by atoms with Crippen LogP contribution >= 0.6 is 11.8 Å². The number of carbonyl (C=O) groups is 1. The maximum absolute atomic E-state index is 11.3. The Morgan fingerprint density at radius 1 is 1.50 bits per heavy atom. The standard InChI is InChI=1S/C11H14N4O2S/c1-3-8-5-9-14-12-7-15(9)11(13-8)18-6-10(16)17-4-2/h5,7H,3-4,6H2,1-2H3. The van der Waals surface area contributed by atoms with Crippen molar-refractivity contribution in [2.45, 2.75) is 25.4 Å². The van der Waals surface area contributed by atoms with Crippen LogP contribution in [0.1, 0.15) is 19.5 Å². The predicted molar refractivity (Wildman–Crippen MR) is 67.5 cm³/mol. The molecule has 0 bridgehead atoms. The zero-order chi connectivity index (χ0) is 13.0. The molecule has 0 aliphatic rings. The van der Waals surface area contributed by atoms with Gasteiger partial charge in [0.25, 0.3) is 0 Å². The summed E-state index contributed by atoms with van der Waals surface area (Å²) >= 11 is 1.33. The van der Waals surface area contributed by atoms with Gasteiger partial charge in [0.15, 0.2) is 10.8 Å². The van der Waals surface area contributed by atoms with Crippen LogP contribution < -0.4 is 0 Å². The zero-order valence-corrected chi connectivity index (χ0v) is 11.1. The van der Waals surface area contributed by atoms with Crippen LogP contribution in [0.4, 0.5) is 0 Å². The average molecular weight is 266 g/mol. The molecule has 18 heavy (non-hydrogen) atoms. The third-order valence-electron chi connectivity index (χ3n) is 2.30. The Morgan fingerprint density at radius 2 is 2.33 bits per heavy atom. The molecule has 0 N–H and O–H groups in total. The summed E-state index contributed by atoms with van der Waals surface area (Å²) < 4.78 is 6.65. The number of rotatable bonds is 5. The van der Waals surface area contributed by atoms with Crippen molar-refractivity contribution in [1.29, 1.82) is 0 Å². The SMILES string of the molecule is CCOC(=O)CSc1nc(CC)cc2nncn12. The van der Waals surface area contributed by atoms with Gasteiger partial charge in [-0.2, -0.15) is 0 Å². The van der Waals surface area contributed by atoms with Gasteiger partial charge in [-0.05, 0) is 13.3 Å². The minimum atomic E-state index is -0.243.